The third-order valence-electron chi connectivity index (χ3n) is 4.58. The van der Waals surface area contributed by atoms with Gasteiger partial charge in [0.15, 0.2) is 0 Å². The second-order valence-electron chi connectivity index (χ2n) is 7.23. The zero-order valence-electron chi connectivity index (χ0n) is 16.5. The van der Waals surface area contributed by atoms with Crippen molar-refractivity contribution in [1.29, 1.82) is 0 Å². The predicted molar refractivity (Wildman–Crippen MR) is 115 cm³/mol. The van der Waals surface area contributed by atoms with Crippen LogP contribution in [0.1, 0.15) is 31.4 Å². The first-order valence-corrected chi connectivity index (χ1v) is 10.1. The predicted octanol–water partition coefficient (Wildman–Crippen LogP) is 4.82. The van der Waals surface area contributed by atoms with E-state index in [1.807, 2.05) is 50.2 Å². The van der Waals surface area contributed by atoms with E-state index in [0.29, 0.717) is 19.6 Å². The van der Waals surface area contributed by atoms with Gasteiger partial charge in [-0.05, 0) is 49.6 Å². The lowest BCUT2D eigenvalue weighted by Crippen LogP contribution is -2.27. The van der Waals surface area contributed by atoms with Crippen LogP contribution in [0.3, 0.4) is 0 Å². The van der Waals surface area contributed by atoms with Crippen LogP contribution in [-0.2, 0) is 22.5 Å². The van der Waals surface area contributed by atoms with Crippen LogP contribution in [0.2, 0.25) is 5.02 Å². The minimum Gasteiger partial charge on any atom is -0.379 e. The minimum atomic E-state index is 0.0407. The zero-order chi connectivity index (χ0) is 19.9. The number of halogens is 1. The van der Waals surface area contributed by atoms with Gasteiger partial charge >= 0.3 is 0 Å². The van der Waals surface area contributed by atoms with E-state index in [9.17, 15) is 4.79 Å². The molecule has 3 aromatic rings. The van der Waals surface area contributed by atoms with Gasteiger partial charge in [0.1, 0.15) is 0 Å². The molecule has 1 amide bonds. The number of nitrogens with zero attached hydrogens (tertiary/aromatic N) is 1. The molecule has 0 atom stereocenters. The number of carbonyl (C=O) groups is 1. The average molecular weight is 399 g/mol. The maximum absolute atomic E-state index is 12.4. The topological polar surface area (TPSA) is 43.3 Å². The molecule has 0 aliphatic carbocycles. The molecule has 0 bridgehead atoms. The fourth-order valence-corrected chi connectivity index (χ4v) is 3.36. The van der Waals surface area contributed by atoms with Crippen molar-refractivity contribution in [3.05, 3.63) is 70.9 Å². The van der Waals surface area contributed by atoms with Gasteiger partial charge in [-0.15, -0.1) is 0 Å². The van der Waals surface area contributed by atoms with Crippen molar-refractivity contribution in [2.75, 3.05) is 13.2 Å². The Balaban J connectivity index is 1.66. The molecule has 148 valence electrons. The summed E-state index contributed by atoms with van der Waals surface area (Å²) in [6.07, 6.45) is 3.50. The molecule has 0 radical (unpaired) electrons. The van der Waals surface area contributed by atoms with Gasteiger partial charge in [-0.1, -0.05) is 41.9 Å². The monoisotopic (exact) mass is 398 g/mol. The number of ether oxygens (including phenoxy) is 1. The third-order valence-corrected chi connectivity index (χ3v) is 4.83. The van der Waals surface area contributed by atoms with Crippen molar-refractivity contribution in [3.63, 3.8) is 0 Å². The largest absolute Gasteiger partial charge is 0.379 e. The molecule has 0 saturated carbocycles. The third kappa shape index (κ3) is 5.60. The number of nitrogens with one attached hydrogen (secondary N) is 1. The van der Waals surface area contributed by atoms with Crippen molar-refractivity contribution in [1.82, 2.24) is 9.88 Å². The van der Waals surface area contributed by atoms with Gasteiger partial charge in [0.2, 0.25) is 5.91 Å². The highest BCUT2D eigenvalue weighted by molar-refractivity contribution is 6.30. The molecule has 2 aromatic carbocycles. The minimum absolute atomic E-state index is 0.0407. The first kappa shape index (κ1) is 20.4. The van der Waals surface area contributed by atoms with Crippen molar-refractivity contribution in [2.45, 2.75) is 39.3 Å². The fourth-order valence-electron chi connectivity index (χ4n) is 3.24. The molecule has 28 heavy (non-hydrogen) atoms. The average Bonchev–Trinajstić information content (AvgIpc) is 3.00. The zero-order valence-corrected chi connectivity index (χ0v) is 17.2. The van der Waals surface area contributed by atoms with Gasteiger partial charge in [-0.3, -0.25) is 4.79 Å². The Hall–Kier alpha value is -2.30. The van der Waals surface area contributed by atoms with Crippen molar-refractivity contribution in [3.8, 4) is 0 Å². The molecule has 3 rings (SSSR count). The van der Waals surface area contributed by atoms with Crippen LogP contribution < -0.4 is 5.32 Å². The van der Waals surface area contributed by atoms with Crippen LogP contribution in [0.25, 0.3) is 10.9 Å². The molecule has 0 aliphatic heterocycles. The number of amides is 1. The molecular formula is C23H27ClN2O2. The van der Waals surface area contributed by atoms with E-state index in [-0.39, 0.29) is 12.0 Å². The van der Waals surface area contributed by atoms with Gasteiger partial charge in [-0.25, -0.2) is 0 Å². The fraction of sp³-hybridized carbons (Fsp3) is 0.348. The lowest BCUT2D eigenvalue weighted by atomic mass is 10.1. The van der Waals surface area contributed by atoms with Crippen molar-refractivity contribution in [2.24, 2.45) is 0 Å². The van der Waals surface area contributed by atoms with Crippen LogP contribution in [0, 0.1) is 0 Å². The van der Waals surface area contributed by atoms with Gasteiger partial charge in [0.25, 0.3) is 0 Å². The Bertz CT molecular complexity index is 916. The second-order valence-corrected chi connectivity index (χ2v) is 7.66. The molecule has 1 aromatic heterocycles. The van der Waals surface area contributed by atoms with E-state index in [1.54, 1.807) is 0 Å². The first-order valence-electron chi connectivity index (χ1n) is 9.72. The number of para-hydroxylation sites is 1. The summed E-state index contributed by atoms with van der Waals surface area (Å²) in [6.45, 7) is 6.07. The summed E-state index contributed by atoms with van der Waals surface area (Å²) < 4.78 is 7.70. The van der Waals surface area contributed by atoms with E-state index >= 15 is 0 Å². The second kappa shape index (κ2) is 9.76. The van der Waals surface area contributed by atoms with Crippen LogP contribution >= 0.6 is 11.6 Å². The molecule has 0 fully saturated rings. The summed E-state index contributed by atoms with van der Waals surface area (Å²) in [6, 6.07) is 16.1. The summed E-state index contributed by atoms with van der Waals surface area (Å²) in [7, 11) is 0. The maximum atomic E-state index is 12.4. The van der Waals surface area contributed by atoms with Crippen molar-refractivity contribution >= 4 is 28.4 Å². The Morgan fingerprint density at radius 2 is 1.89 bits per heavy atom. The van der Waals surface area contributed by atoms with E-state index < -0.39 is 0 Å². The van der Waals surface area contributed by atoms with Crippen LogP contribution in [0.4, 0.5) is 0 Å². The van der Waals surface area contributed by atoms with Crippen LogP contribution in [0.15, 0.2) is 54.7 Å². The molecule has 1 heterocycles. The Kier molecular flexibility index (Phi) is 7.12. The molecule has 0 spiro atoms. The SMILES string of the molecule is CC(C)OCCCNC(=O)Cc1cn(Cc2ccc(Cl)cc2)c2ccccc12. The number of aromatic nitrogens is 1. The molecule has 5 heteroatoms. The number of fused-ring (bicyclic) bond motifs is 1. The van der Waals surface area contributed by atoms with Crippen molar-refractivity contribution < 1.29 is 9.53 Å². The number of hydrogen-bond donors (Lipinski definition) is 1. The molecule has 0 saturated heterocycles. The highest BCUT2D eigenvalue weighted by Crippen LogP contribution is 2.23. The summed E-state index contributed by atoms with van der Waals surface area (Å²) in [5.41, 5.74) is 3.34. The van der Waals surface area contributed by atoms with E-state index in [1.165, 1.54) is 5.56 Å². The lowest BCUT2D eigenvalue weighted by Gasteiger charge is -2.08. The number of benzene rings is 2. The Labute approximate surface area is 171 Å². The number of hydrogen-bond acceptors (Lipinski definition) is 2. The first-order chi connectivity index (χ1) is 13.5. The Morgan fingerprint density at radius 1 is 1.14 bits per heavy atom. The highest BCUT2D eigenvalue weighted by Gasteiger charge is 2.12. The van der Waals surface area contributed by atoms with Gasteiger partial charge in [0, 0.05) is 41.8 Å². The number of rotatable bonds is 9. The molecule has 0 aliphatic rings. The number of carbonyl (C=O) groups excluding carboxylic acids is 1. The van der Waals surface area contributed by atoms with E-state index in [2.05, 4.69) is 28.2 Å². The Morgan fingerprint density at radius 3 is 2.64 bits per heavy atom. The highest BCUT2D eigenvalue weighted by atomic mass is 35.5. The van der Waals surface area contributed by atoms with Crippen LogP contribution in [0.5, 0.6) is 0 Å². The summed E-state index contributed by atoms with van der Waals surface area (Å²) >= 11 is 5.99. The van der Waals surface area contributed by atoms with Gasteiger partial charge in [-0.2, -0.15) is 0 Å². The lowest BCUT2D eigenvalue weighted by molar-refractivity contribution is -0.120. The van der Waals surface area contributed by atoms with E-state index in [0.717, 1.165) is 34.5 Å². The summed E-state index contributed by atoms with van der Waals surface area (Å²) in [4.78, 5) is 12.4. The quantitative estimate of drug-likeness (QED) is 0.525. The van der Waals surface area contributed by atoms with E-state index in [4.69, 9.17) is 16.3 Å². The summed E-state index contributed by atoms with van der Waals surface area (Å²) in [5.74, 6) is 0.0407. The molecular weight excluding hydrogens is 372 g/mol. The standard InChI is InChI=1S/C23H27ClN2O2/c1-17(2)28-13-5-12-25-23(27)14-19-16-26(22-7-4-3-6-21(19)22)15-18-8-10-20(24)11-9-18/h3-4,6-11,16-17H,5,12-15H2,1-2H3,(H,25,27). The van der Waals surface area contributed by atoms with Crippen LogP contribution in [-0.4, -0.2) is 29.7 Å². The van der Waals surface area contributed by atoms with Gasteiger partial charge < -0.3 is 14.6 Å². The molecule has 4 nitrogen and oxygen atoms in total. The summed E-state index contributed by atoms with van der Waals surface area (Å²) in [5, 5.41) is 4.85. The maximum Gasteiger partial charge on any atom is 0.224 e. The normalized spacial score (nSPS) is 11.3. The van der Waals surface area contributed by atoms with Gasteiger partial charge in [0.05, 0.1) is 12.5 Å². The molecule has 0 unspecified atom stereocenters. The smallest absolute Gasteiger partial charge is 0.224 e. The molecule has 1 N–H and O–H groups in total.